The van der Waals surface area contributed by atoms with Crippen LogP contribution in [-0.2, 0) is 21.8 Å². The zero-order valence-electron chi connectivity index (χ0n) is 16.4. The number of nitrogens with one attached hydrogen (secondary N) is 1. The number of rotatable bonds is 10. The van der Waals surface area contributed by atoms with Gasteiger partial charge in [0, 0.05) is 24.4 Å². The molecule has 0 radical (unpaired) electrons. The predicted octanol–water partition coefficient (Wildman–Crippen LogP) is 4.17. The molecule has 2 amide bonds. The Morgan fingerprint density at radius 1 is 1.11 bits per heavy atom. The second-order valence-electron chi connectivity index (χ2n) is 6.45. The Labute approximate surface area is 176 Å². The minimum atomic E-state index is -0.456. The molecule has 1 N–H and O–H groups in total. The molecule has 0 heterocycles. The Hall–Kier alpha value is -1.98. The molecule has 0 aliphatic carbocycles. The molecule has 0 unspecified atom stereocenters. The van der Waals surface area contributed by atoms with Gasteiger partial charge in [0.25, 0.3) is 0 Å². The van der Waals surface area contributed by atoms with Crippen molar-refractivity contribution in [1.29, 1.82) is 0 Å². The zero-order chi connectivity index (χ0) is 20.4. The molecule has 2 aromatic rings. The maximum Gasteiger partial charge on any atom is 0.242 e. The van der Waals surface area contributed by atoms with Crippen LogP contribution in [0.3, 0.4) is 0 Å². The molecule has 2 rings (SSSR count). The second-order valence-corrected chi connectivity index (χ2v) is 7.84. The van der Waals surface area contributed by atoms with Crippen molar-refractivity contribution in [3.05, 3.63) is 70.7 Å². The third-order valence-corrected chi connectivity index (χ3v) is 5.89. The Balaban J connectivity index is 2.02. The van der Waals surface area contributed by atoms with Crippen LogP contribution in [0.2, 0.25) is 5.02 Å². The summed E-state index contributed by atoms with van der Waals surface area (Å²) in [5, 5.41) is 3.39. The third kappa shape index (κ3) is 6.57. The zero-order valence-corrected chi connectivity index (χ0v) is 17.9. The van der Waals surface area contributed by atoms with Crippen LogP contribution in [0.4, 0.5) is 0 Å². The minimum Gasteiger partial charge on any atom is -0.357 e. The molecular formula is C22H27ClN2O2S. The van der Waals surface area contributed by atoms with Crippen LogP contribution in [0.25, 0.3) is 0 Å². The smallest absolute Gasteiger partial charge is 0.242 e. The van der Waals surface area contributed by atoms with Gasteiger partial charge in [0.15, 0.2) is 0 Å². The van der Waals surface area contributed by atoms with Crippen molar-refractivity contribution in [2.45, 2.75) is 31.6 Å². The SMILES string of the molecule is CC[C@H](C(=O)NC)N(CCc1ccccc1)C(=O)CSCc1ccccc1Cl. The van der Waals surface area contributed by atoms with Crippen LogP contribution in [0.1, 0.15) is 24.5 Å². The lowest BCUT2D eigenvalue weighted by Crippen LogP contribution is -2.50. The molecular weight excluding hydrogens is 392 g/mol. The fraction of sp³-hybridized carbons (Fsp3) is 0.364. The van der Waals surface area contributed by atoms with Crippen molar-refractivity contribution in [1.82, 2.24) is 10.2 Å². The Kier molecular flexibility index (Phi) is 9.38. The van der Waals surface area contributed by atoms with Crippen molar-refractivity contribution in [3.63, 3.8) is 0 Å². The molecule has 28 heavy (non-hydrogen) atoms. The van der Waals surface area contributed by atoms with Gasteiger partial charge in [-0.05, 0) is 30.0 Å². The number of carbonyl (C=O) groups excluding carboxylic acids is 2. The highest BCUT2D eigenvalue weighted by Crippen LogP contribution is 2.21. The maximum absolute atomic E-state index is 13.0. The number of thioether (sulfide) groups is 1. The van der Waals surface area contributed by atoms with Crippen molar-refractivity contribution in [2.75, 3.05) is 19.3 Å². The summed E-state index contributed by atoms with van der Waals surface area (Å²) in [7, 11) is 1.61. The van der Waals surface area contributed by atoms with E-state index in [0.717, 1.165) is 17.5 Å². The number of hydrogen-bond donors (Lipinski definition) is 1. The van der Waals surface area contributed by atoms with E-state index in [1.807, 2.05) is 61.5 Å². The third-order valence-electron chi connectivity index (χ3n) is 4.56. The van der Waals surface area contributed by atoms with Gasteiger partial charge in [0.1, 0.15) is 6.04 Å². The van der Waals surface area contributed by atoms with Crippen LogP contribution in [-0.4, -0.2) is 42.1 Å². The van der Waals surface area contributed by atoms with E-state index in [0.29, 0.717) is 29.5 Å². The summed E-state index contributed by atoms with van der Waals surface area (Å²) < 4.78 is 0. The topological polar surface area (TPSA) is 49.4 Å². The summed E-state index contributed by atoms with van der Waals surface area (Å²) in [6, 6.07) is 17.2. The largest absolute Gasteiger partial charge is 0.357 e. The van der Waals surface area contributed by atoms with Gasteiger partial charge >= 0.3 is 0 Å². The monoisotopic (exact) mass is 418 g/mol. The Morgan fingerprint density at radius 2 is 1.79 bits per heavy atom. The van der Waals surface area contributed by atoms with Crippen molar-refractivity contribution >= 4 is 35.2 Å². The van der Waals surface area contributed by atoms with E-state index < -0.39 is 6.04 Å². The first-order valence-corrected chi connectivity index (χ1v) is 11.0. The molecule has 6 heteroatoms. The van der Waals surface area contributed by atoms with Crippen LogP contribution in [0.5, 0.6) is 0 Å². The highest BCUT2D eigenvalue weighted by atomic mass is 35.5. The number of nitrogens with zero attached hydrogens (tertiary/aromatic N) is 1. The van der Waals surface area contributed by atoms with Gasteiger partial charge in [0.05, 0.1) is 5.75 Å². The van der Waals surface area contributed by atoms with Crippen LogP contribution in [0.15, 0.2) is 54.6 Å². The summed E-state index contributed by atoms with van der Waals surface area (Å²) in [6.45, 7) is 2.45. The minimum absolute atomic E-state index is 0.0246. The number of benzene rings is 2. The molecule has 0 fully saturated rings. The summed E-state index contributed by atoms with van der Waals surface area (Å²) in [5.74, 6) is 0.825. The molecule has 0 bridgehead atoms. The van der Waals surface area contributed by atoms with E-state index in [9.17, 15) is 9.59 Å². The van der Waals surface area contributed by atoms with Crippen molar-refractivity contribution in [3.8, 4) is 0 Å². The fourth-order valence-corrected chi connectivity index (χ4v) is 4.21. The molecule has 150 valence electrons. The summed E-state index contributed by atoms with van der Waals surface area (Å²) >= 11 is 7.71. The van der Waals surface area contributed by atoms with Crippen molar-refractivity contribution < 1.29 is 9.59 Å². The lowest BCUT2D eigenvalue weighted by Gasteiger charge is -2.30. The summed E-state index contributed by atoms with van der Waals surface area (Å²) in [4.78, 5) is 27.0. The fourth-order valence-electron chi connectivity index (χ4n) is 3.01. The van der Waals surface area contributed by atoms with E-state index in [-0.39, 0.29) is 11.8 Å². The number of carbonyl (C=O) groups is 2. The van der Waals surface area contributed by atoms with Gasteiger partial charge in [-0.3, -0.25) is 9.59 Å². The molecule has 0 aromatic heterocycles. The van der Waals surface area contributed by atoms with E-state index in [4.69, 9.17) is 11.6 Å². The molecule has 0 spiro atoms. The lowest BCUT2D eigenvalue weighted by atomic mass is 10.1. The number of halogens is 1. The highest BCUT2D eigenvalue weighted by Gasteiger charge is 2.27. The number of amides is 2. The first kappa shape index (κ1) is 22.3. The van der Waals surface area contributed by atoms with Crippen molar-refractivity contribution in [2.24, 2.45) is 0 Å². The highest BCUT2D eigenvalue weighted by molar-refractivity contribution is 7.99. The average Bonchev–Trinajstić information content (AvgIpc) is 2.72. The van der Waals surface area contributed by atoms with E-state index >= 15 is 0 Å². The van der Waals surface area contributed by atoms with Gasteiger partial charge < -0.3 is 10.2 Å². The normalized spacial score (nSPS) is 11.7. The molecule has 0 saturated heterocycles. The van der Waals surface area contributed by atoms with Crippen LogP contribution >= 0.6 is 23.4 Å². The lowest BCUT2D eigenvalue weighted by molar-refractivity contribution is -0.138. The predicted molar refractivity (Wildman–Crippen MR) is 118 cm³/mol. The first-order valence-electron chi connectivity index (χ1n) is 9.43. The molecule has 0 aliphatic rings. The summed E-state index contributed by atoms with van der Waals surface area (Å²) in [5.41, 5.74) is 2.16. The first-order chi connectivity index (χ1) is 13.6. The van der Waals surface area contributed by atoms with Gasteiger partial charge in [-0.2, -0.15) is 0 Å². The summed E-state index contributed by atoms with van der Waals surface area (Å²) in [6.07, 6.45) is 1.30. The van der Waals surface area contributed by atoms with Gasteiger partial charge in [-0.1, -0.05) is 67.1 Å². The second kappa shape index (κ2) is 11.8. The number of likely N-dealkylation sites (N-methyl/N-ethyl adjacent to an activating group) is 1. The van der Waals surface area contributed by atoms with Crippen LogP contribution < -0.4 is 5.32 Å². The number of hydrogen-bond acceptors (Lipinski definition) is 3. The molecule has 0 saturated carbocycles. The average molecular weight is 419 g/mol. The van der Waals surface area contributed by atoms with E-state index in [1.165, 1.54) is 11.8 Å². The van der Waals surface area contributed by atoms with Crippen LogP contribution in [0, 0.1) is 0 Å². The Bertz CT molecular complexity index is 770. The molecule has 2 aromatic carbocycles. The molecule has 1 atom stereocenters. The van der Waals surface area contributed by atoms with E-state index in [2.05, 4.69) is 5.32 Å². The quantitative estimate of drug-likeness (QED) is 0.630. The van der Waals surface area contributed by atoms with Gasteiger partial charge in [0.2, 0.25) is 11.8 Å². The maximum atomic E-state index is 13.0. The Morgan fingerprint density at radius 3 is 2.43 bits per heavy atom. The molecule has 0 aliphatic heterocycles. The van der Waals surface area contributed by atoms with E-state index in [1.54, 1.807) is 11.9 Å². The van der Waals surface area contributed by atoms with Gasteiger partial charge in [-0.15, -0.1) is 11.8 Å². The standard InChI is InChI=1S/C22H27ClN2O2S/c1-3-20(22(27)24-2)25(14-13-17-9-5-4-6-10-17)21(26)16-28-15-18-11-7-8-12-19(18)23/h4-12,20H,3,13-16H2,1-2H3,(H,24,27)/t20-/m1/s1. The molecule has 4 nitrogen and oxygen atoms in total. The van der Waals surface area contributed by atoms with Gasteiger partial charge in [-0.25, -0.2) is 0 Å².